The van der Waals surface area contributed by atoms with E-state index in [2.05, 4.69) is 9.19 Å². The van der Waals surface area contributed by atoms with Gasteiger partial charge in [0.25, 0.3) is 10.0 Å². The number of fused-ring (bicyclic) bond motifs is 1. The van der Waals surface area contributed by atoms with E-state index in [0.717, 1.165) is 5.56 Å². The lowest BCUT2D eigenvalue weighted by atomic mass is 10.1. The Morgan fingerprint density at radius 1 is 1.17 bits per heavy atom. The summed E-state index contributed by atoms with van der Waals surface area (Å²) in [5, 5.41) is 0.450. The molecule has 6 nitrogen and oxygen atoms in total. The SMILES string of the molecule is Cc1ccc(S(=O)(=O)/N=C2/C(=[N+]=[N-])c3cc(Cl)ccc3N2C)cc1. The highest BCUT2D eigenvalue weighted by Crippen LogP contribution is 2.31. The van der Waals surface area contributed by atoms with Crippen LogP contribution in [-0.2, 0) is 10.0 Å². The molecule has 0 bridgehead atoms. The van der Waals surface area contributed by atoms with Crippen LogP contribution in [0.15, 0.2) is 51.8 Å². The van der Waals surface area contributed by atoms with Crippen molar-refractivity contribution in [1.29, 1.82) is 0 Å². The van der Waals surface area contributed by atoms with Crippen LogP contribution in [0.5, 0.6) is 0 Å². The Bertz CT molecular complexity index is 1010. The number of halogens is 1. The molecule has 0 saturated carbocycles. The van der Waals surface area contributed by atoms with Crippen molar-refractivity contribution in [2.45, 2.75) is 11.8 Å². The minimum Gasteiger partial charge on any atom is -0.361 e. The molecule has 24 heavy (non-hydrogen) atoms. The predicted octanol–water partition coefficient (Wildman–Crippen LogP) is 2.90. The molecule has 2 aromatic rings. The molecular formula is C16H13ClN4O2S. The van der Waals surface area contributed by atoms with Gasteiger partial charge in [-0.3, -0.25) is 0 Å². The molecule has 2 aromatic carbocycles. The lowest BCUT2D eigenvalue weighted by Crippen LogP contribution is -2.28. The maximum atomic E-state index is 12.5. The summed E-state index contributed by atoms with van der Waals surface area (Å²) in [6.07, 6.45) is 0. The standard InChI is InChI=1S/C16H13ClN4O2S/c1-10-3-6-12(7-4-10)24(22,23)20-16-15(19-18)13-9-11(17)5-8-14(13)21(16)2/h3-9H,1-2H3/b20-16-. The highest BCUT2D eigenvalue weighted by molar-refractivity contribution is 7.90. The summed E-state index contributed by atoms with van der Waals surface area (Å²) in [6, 6.07) is 11.4. The largest absolute Gasteiger partial charge is 0.367 e. The van der Waals surface area contributed by atoms with Crippen LogP contribution in [0.2, 0.25) is 5.02 Å². The van der Waals surface area contributed by atoms with Gasteiger partial charge in [0, 0.05) is 12.1 Å². The van der Waals surface area contributed by atoms with E-state index in [1.165, 1.54) is 12.1 Å². The molecule has 0 fully saturated rings. The van der Waals surface area contributed by atoms with Gasteiger partial charge in [-0.1, -0.05) is 29.3 Å². The minimum atomic E-state index is -3.94. The van der Waals surface area contributed by atoms with Gasteiger partial charge in [-0.15, -0.1) is 4.40 Å². The van der Waals surface area contributed by atoms with Gasteiger partial charge in [0.15, 0.2) is 0 Å². The van der Waals surface area contributed by atoms with E-state index in [1.54, 1.807) is 42.3 Å². The molecule has 3 rings (SSSR count). The fourth-order valence-corrected chi connectivity index (χ4v) is 3.66. The second-order valence-corrected chi connectivity index (χ2v) is 7.41. The van der Waals surface area contributed by atoms with Crippen molar-refractivity contribution < 1.29 is 13.2 Å². The van der Waals surface area contributed by atoms with E-state index in [4.69, 9.17) is 11.6 Å². The number of hydrogen-bond donors (Lipinski definition) is 0. The molecule has 0 spiro atoms. The van der Waals surface area contributed by atoms with Crippen LogP contribution in [0, 0.1) is 6.92 Å². The van der Waals surface area contributed by atoms with Crippen LogP contribution in [0.3, 0.4) is 0 Å². The predicted molar refractivity (Wildman–Crippen MR) is 93.4 cm³/mol. The van der Waals surface area contributed by atoms with Crippen LogP contribution in [0.4, 0.5) is 5.69 Å². The number of aryl methyl sites for hydroxylation is 1. The fraction of sp³-hybridized carbons (Fsp3) is 0.125. The third-order valence-corrected chi connectivity index (χ3v) is 5.25. The third kappa shape index (κ3) is 2.73. The third-order valence-electron chi connectivity index (χ3n) is 3.73. The van der Waals surface area contributed by atoms with Gasteiger partial charge >= 0.3 is 5.71 Å². The summed E-state index contributed by atoms with van der Waals surface area (Å²) in [7, 11) is -2.30. The zero-order valence-corrected chi connectivity index (χ0v) is 14.5. The normalized spacial score (nSPS) is 15.5. The Morgan fingerprint density at radius 3 is 2.46 bits per heavy atom. The Labute approximate surface area is 144 Å². The van der Waals surface area contributed by atoms with Crippen molar-refractivity contribution in [2.24, 2.45) is 4.40 Å². The number of rotatable bonds is 2. The number of amidine groups is 1. The monoisotopic (exact) mass is 360 g/mol. The number of sulfonamides is 1. The zero-order valence-electron chi connectivity index (χ0n) is 12.9. The second-order valence-electron chi connectivity index (χ2n) is 5.37. The lowest BCUT2D eigenvalue weighted by Gasteiger charge is -2.11. The highest BCUT2D eigenvalue weighted by atomic mass is 35.5. The Hall–Kier alpha value is -2.47. The molecule has 1 aliphatic heterocycles. The van der Waals surface area contributed by atoms with Crippen molar-refractivity contribution >= 4 is 38.9 Å². The number of benzene rings is 2. The van der Waals surface area contributed by atoms with Crippen LogP contribution in [0.25, 0.3) is 5.53 Å². The van der Waals surface area contributed by atoms with Crippen molar-refractivity contribution in [3.8, 4) is 0 Å². The molecule has 0 radical (unpaired) electrons. The Balaban J connectivity index is 2.14. The molecule has 0 atom stereocenters. The molecular weight excluding hydrogens is 348 g/mol. The minimum absolute atomic E-state index is 0.0374. The van der Waals surface area contributed by atoms with Gasteiger partial charge in [-0.05, 0) is 37.3 Å². The summed E-state index contributed by atoms with van der Waals surface area (Å²) < 4.78 is 29.0. The lowest BCUT2D eigenvalue weighted by molar-refractivity contribution is -0.000201. The van der Waals surface area contributed by atoms with Gasteiger partial charge in [0.1, 0.15) is 0 Å². The van der Waals surface area contributed by atoms with Gasteiger partial charge < -0.3 is 10.4 Å². The summed E-state index contributed by atoms with van der Waals surface area (Å²) in [4.78, 5) is 4.83. The summed E-state index contributed by atoms with van der Waals surface area (Å²) >= 11 is 5.97. The van der Waals surface area contributed by atoms with E-state index in [1.807, 2.05) is 6.92 Å². The van der Waals surface area contributed by atoms with E-state index in [-0.39, 0.29) is 16.4 Å². The van der Waals surface area contributed by atoms with Crippen molar-refractivity contribution in [3.63, 3.8) is 0 Å². The van der Waals surface area contributed by atoms with Gasteiger partial charge in [0.05, 0.1) is 16.1 Å². The maximum Gasteiger partial charge on any atom is 0.367 e. The first kappa shape index (κ1) is 16.4. The quantitative estimate of drug-likeness (QED) is 0.609. The van der Waals surface area contributed by atoms with Gasteiger partial charge in [0.2, 0.25) is 5.84 Å². The second kappa shape index (κ2) is 5.87. The molecule has 0 N–H and O–H groups in total. The van der Waals surface area contributed by atoms with E-state index in [0.29, 0.717) is 16.3 Å². The summed E-state index contributed by atoms with van der Waals surface area (Å²) in [6.45, 7) is 1.87. The molecule has 0 amide bonds. The van der Waals surface area contributed by atoms with Crippen molar-refractivity contribution in [3.05, 3.63) is 64.1 Å². The zero-order chi connectivity index (χ0) is 17.5. The first-order chi connectivity index (χ1) is 11.3. The number of hydrogen-bond acceptors (Lipinski definition) is 2. The topological polar surface area (TPSA) is 86.1 Å². The summed E-state index contributed by atoms with van der Waals surface area (Å²) in [5.41, 5.74) is 11.5. The molecule has 0 aromatic heterocycles. The van der Waals surface area contributed by atoms with Crippen LogP contribution in [0.1, 0.15) is 11.1 Å². The molecule has 0 saturated heterocycles. The first-order valence-electron chi connectivity index (χ1n) is 7.01. The fourth-order valence-electron chi connectivity index (χ4n) is 2.46. The Kier molecular flexibility index (Phi) is 4.01. The van der Waals surface area contributed by atoms with Crippen LogP contribution >= 0.6 is 11.6 Å². The van der Waals surface area contributed by atoms with E-state index < -0.39 is 10.0 Å². The molecule has 1 heterocycles. The number of nitrogens with zero attached hydrogens (tertiary/aromatic N) is 4. The molecule has 122 valence electrons. The van der Waals surface area contributed by atoms with Crippen LogP contribution < -0.4 is 4.90 Å². The van der Waals surface area contributed by atoms with Crippen molar-refractivity contribution in [1.82, 2.24) is 0 Å². The van der Waals surface area contributed by atoms with E-state index >= 15 is 0 Å². The van der Waals surface area contributed by atoms with Crippen molar-refractivity contribution in [2.75, 3.05) is 11.9 Å². The van der Waals surface area contributed by atoms with Crippen LogP contribution in [-0.4, -0.2) is 31.8 Å². The van der Waals surface area contributed by atoms with E-state index in [9.17, 15) is 13.9 Å². The maximum absolute atomic E-state index is 12.5. The highest BCUT2D eigenvalue weighted by Gasteiger charge is 2.38. The van der Waals surface area contributed by atoms with Gasteiger partial charge in [-0.25, -0.2) is 0 Å². The first-order valence-corrected chi connectivity index (χ1v) is 8.83. The Morgan fingerprint density at radius 2 is 1.83 bits per heavy atom. The summed E-state index contributed by atoms with van der Waals surface area (Å²) in [5.74, 6) is 0.0374. The van der Waals surface area contributed by atoms with Gasteiger partial charge in [-0.2, -0.15) is 13.2 Å². The smallest absolute Gasteiger partial charge is 0.361 e. The molecule has 8 heteroatoms. The molecule has 1 aliphatic rings. The number of anilines is 1. The average Bonchev–Trinajstić information content (AvgIpc) is 2.78. The molecule has 0 aliphatic carbocycles. The average molecular weight is 361 g/mol. The number of likely N-dealkylation sites (N-methyl/N-ethyl adjacent to an activating group) is 1. The molecule has 0 unspecified atom stereocenters.